The molecule has 2 heterocycles. The van der Waals surface area contributed by atoms with Crippen molar-refractivity contribution in [1.29, 1.82) is 0 Å². The van der Waals surface area contributed by atoms with Gasteiger partial charge in [0.2, 0.25) is 5.16 Å². The van der Waals surface area contributed by atoms with Crippen molar-refractivity contribution < 1.29 is 9.90 Å². The maximum atomic E-state index is 10.8. The fraction of sp³-hybridized carbons (Fsp3) is 0.250. The second-order valence-corrected chi connectivity index (χ2v) is 4.13. The Morgan fingerprint density at radius 3 is 3.06 bits per heavy atom. The van der Waals surface area contributed by atoms with Crippen LogP contribution in [0.3, 0.4) is 0 Å². The Balaban J connectivity index is 2.60. The molecule has 2 aromatic heterocycles. The molecule has 0 bridgehead atoms. The average molecular weight is 239 g/mol. The van der Waals surface area contributed by atoms with Gasteiger partial charge in [0.1, 0.15) is 11.4 Å². The predicted molar refractivity (Wildman–Crippen MR) is 58.6 cm³/mol. The lowest BCUT2D eigenvalue weighted by atomic mass is 10.3. The van der Waals surface area contributed by atoms with Gasteiger partial charge in [-0.3, -0.25) is 0 Å². The molecule has 8 heteroatoms. The largest absolute Gasteiger partial charge is 0.477 e. The van der Waals surface area contributed by atoms with Crippen LogP contribution in [0.5, 0.6) is 0 Å². The number of carboxylic acid groups (broad SMARTS) is 1. The number of hydrogen-bond acceptors (Lipinski definition) is 6. The molecule has 7 nitrogen and oxygen atoms in total. The molecule has 3 N–H and O–H groups in total. The topological polar surface area (TPSA) is 106 Å². The maximum Gasteiger partial charge on any atom is 0.341 e. The van der Waals surface area contributed by atoms with Crippen LogP contribution in [-0.4, -0.2) is 36.4 Å². The fourth-order valence-electron chi connectivity index (χ4n) is 1.19. The smallest absolute Gasteiger partial charge is 0.341 e. The highest BCUT2D eigenvalue weighted by Gasteiger charge is 2.14. The molecular formula is C8H9N5O2S. The van der Waals surface area contributed by atoms with Crippen molar-refractivity contribution in [2.24, 2.45) is 0 Å². The van der Waals surface area contributed by atoms with E-state index in [9.17, 15) is 4.79 Å². The minimum absolute atomic E-state index is 0.0351. The quantitative estimate of drug-likeness (QED) is 0.752. The van der Waals surface area contributed by atoms with E-state index in [2.05, 4.69) is 15.1 Å². The molecule has 0 atom stereocenters. The number of nitrogens with two attached hydrogens (primary N) is 1. The third-order valence-electron chi connectivity index (χ3n) is 1.89. The third kappa shape index (κ3) is 1.67. The summed E-state index contributed by atoms with van der Waals surface area (Å²) in [7, 11) is 0. The highest BCUT2D eigenvalue weighted by Crippen LogP contribution is 2.16. The van der Waals surface area contributed by atoms with E-state index in [0.29, 0.717) is 10.9 Å². The Kier molecular flexibility index (Phi) is 2.65. The molecule has 0 aliphatic heterocycles. The number of thioether (sulfide) groups is 1. The van der Waals surface area contributed by atoms with Gasteiger partial charge in [-0.15, -0.1) is 5.10 Å². The highest BCUT2D eigenvalue weighted by atomic mass is 32.2. The Bertz CT molecular complexity index is 553. The molecule has 16 heavy (non-hydrogen) atoms. The Hall–Kier alpha value is -1.83. The average Bonchev–Trinajstić information content (AvgIpc) is 2.62. The summed E-state index contributed by atoms with van der Waals surface area (Å²) in [6, 6.07) is 0. The van der Waals surface area contributed by atoms with Gasteiger partial charge in [-0.2, -0.15) is 9.50 Å². The first-order valence-corrected chi connectivity index (χ1v) is 5.49. The van der Waals surface area contributed by atoms with Gasteiger partial charge in [0.25, 0.3) is 5.78 Å². The Morgan fingerprint density at radius 2 is 2.44 bits per heavy atom. The summed E-state index contributed by atoms with van der Waals surface area (Å²) in [4.78, 5) is 18.8. The first-order chi connectivity index (χ1) is 7.63. The first kappa shape index (κ1) is 10.7. The van der Waals surface area contributed by atoms with Crippen LogP contribution < -0.4 is 5.73 Å². The number of fused-ring (bicyclic) bond motifs is 1. The lowest BCUT2D eigenvalue weighted by Gasteiger charge is -2.00. The zero-order valence-electron chi connectivity index (χ0n) is 8.41. The van der Waals surface area contributed by atoms with E-state index < -0.39 is 5.97 Å². The van der Waals surface area contributed by atoms with Crippen LogP contribution in [0.25, 0.3) is 5.78 Å². The fourth-order valence-corrected chi connectivity index (χ4v) is 1.73. The molecule has 0 fully saturated rings. The number of aromatic carboxylic acids is 1. The predicted octanol–water partition coefficient (Wildman–Crippen LogP) is 0.517. The molecule has 2 rings (SSSR count). The summed E-state index contributed by atoms with van der Waals surface area (Å²) < 4.78 is 1.24. The van der Waals surface area contributed by atoms with E-state index in [1.165, 1.54) is 22.5 Å². The van der Waals surface area contributed by atoms with E-state index in [1.807, 2.05) is 6.92 Å². The number of carbonyl (C=O) groups is 1. The van der Waals surface area contributed by atoms with E-state index in [0.717, 1.165) is 5.75 Å². The summed E-state index contributed by atoms with van der Waals surface area (Å²) in [5.41, 5.74) is 5.58. The van der Waals surface area contributed by atoms with Crippen molar-refractivity contribution in [2.75, 3.05) is 11.5 Å². The summed E-state index contributed by atoms with van der Waals surface area (Å²) in [6.07, 6.45) is 1.18. The molecule has 0 aliphatic carbocycles. The third-order valence-corrected chi connectivity index (χ3v) is 2.61. The summed E-state index contributed by atoms with van der Waals surface area (Å²) >= 11 is 1.44. The molecule has 84 valence electrons. The molecule has 0 aliphatic rings. The number of rotatable bonds is 3. The normalized spacial score (nSPS) is 10.8. The van der Waals surface area contributed by atoms with Gasteiger partial charge >= 0.3 is 5.97 Å². The van der Waals surface area contributed by atoms with Gasteiger partial charge in [-0.05, 0) is 5.75 Å². The molecule has 0 saturated carbocycles. The van der Waals surface area contributed by atoms with Gasteiger partial charge in [0.15, 0.2) is 0 Å². The minimum atomic E-state index is -1.13. The number of anilines is 1. The number of nitrogen functional groups attached to an aromatic ring is 1. The number of nitrogens with zero attached hydrogens (tertiary/aromatic N) is 4. The number of hydrogen-bond donors (Lipinski definition) is 2. The second-order valence-electron chi connectivity index (χ2n) is 2.90. The zero-order valence-corrected chi connectivity index (χ0v) is 9.23. The summed E-state index contributed by atoms with van der Waals surface area (Å²) in [6.45, 7) is 1.97. The first-order valence-electron chi connectivity index (χ1n) is 4.50. The van der Waals surface area contributed by atoms with Crippen molar-refractivity contribution >= 4 is 29.3 Å². The van der Waals surface area contributed by atoms with Crippen LogP contribution in [0.4, 0.5) is 5.82 Å². The molecule has 0 amide bonds. The van der Waals surface area contributed by atoms with Crippen LogP contribution in [-0.2, 0) is 0 Å². The van der Waals surface area contributed by atoms with Crippen LogP contribution in [0, 0.1) is 0 Å². The lowest BCUT2D eigenvalue weighted by molar-refractivity contribution is 0.0697. The Labute approximate surface area is 94.7 Å². The second kappa shape index (κ2) is 3.97. The van der Waals surface area contributed by atoms with Gasteiger partial charge in [0.05, 0.1) is 0 Å². The van der Waals surface area contributed by atoms with Crippen molar-refractivity contribution in [3.05, 3.63) is 11.8 Å². The van der Waals surface area contributed by atoms with Crippen molar-refractivity contribution in [3.8, 4) is 0 Å². The number of carboxylic acids is 1. The molecule has 0 unspecified atom stereocenters. The van der Waals surface area contributed by atoms with Crippen LogP contribution in [0.15, 0.2) is 11.4 Å². The van der Waals surface area contributed by atoms with E-state index in [-0.39, 0.29) is 11.4 Å². The van der Waals surface area contributed by atoms with E-state index in [1.54, 1.807) is 0 Å². The van der Waals surface area contributed by atoms with Crippen LogP contribution >= 0.6 is 11.8 Å². The summed E-state index contributed by atoms with van der Waals surface area (Å²) in [5.74, 6) is 0.0289. The SMILES string of the molecule is CCSc1nc2ncc(C(=O)O)c(N)n2n1. The van der Waals surface area contributed by atoms with Gasteiger partial charge < -0.3 is 10.8 Å². The van der Waals surface area contributed by atoms with Gasteiger partial charge in [-0.25, -0.2) is 9.78 Å². The lowest BCUT2D eigenvalue weighted by Crippen LogP contribution is -2.09. The van der Waals surface area contributed by atoms with E-state index in [4.69, 9.17) is 10.8 Å². The molecule has 0 aromatic carbocycles. The molecule has 0 spiro atoms. The van der Waals surface area contributed by atoms with Crippen LogP contribution in [0.1, 0.15) is 17.3 Å². The zero-order chi connectivity index (χ0) is 11.7. The molecule has 0 saturated heterocycles. The molecular weight excluding hydrogens is 230 g/mol. The van der Waals surface area contributed by atoms with Gasteiger partial charge in [-0.1, -0.05) is 18.7 Å². The molecule has 0 radical (unpaired) electrons. The maximum absolute atomic E-state index is 10.8. The van der Waals surface area contributed by atoms with Crippen molar-refractivity contribution in [1.82, 2.24) is 19.6 Å². The Morgan fingerprint density at radius 1 is 1.69 bits per heavy atom. The minimum Gasteiger partial charge on any atom is -0.477 e. The monoisotopic (exact) mass is 239 g/mol. The summed E-state index contributed by atoms with van der Waals surface area (Å²) in [5, 5.41) is 13.4. The van der Waals surface area contributed by atoms with Crippen LogP contribution in [0.2, 0.25) is 0 Å². The van der Waals surface area contributed by atoms with Crippen molar-refractivity contribution in [3.63, 3.8) is 0 Å². The highest BCUT2D eigenvalue weighted by molar-refractivity contribution is 7.99. The van der Waals surface area contributed by atoms with E-state index >= 15 is 0 Å². The standard InChI is InChI=1S/C8H9N5O2S/c1-2-16-8-11-7-10-3-4(6(14)15)5(9)13(7)12-8/h3H,2,9H2,1H3,(H,14,15). The molecule has 2 aromatic rings. The number of aromatic nitrogens is 4. The van der Waals surface area contributed by atoms with Crippen molar-refractivity contribution in [2.45, 2.75) is 12.1 Å². The van der Waals surface area contributed by atoms with Gasteiger partial charge in [0, 0.05) is 6.20 Å².